The zero-order chi connectivity index (χ0) is 15.6. The molecule has 0 aliphatic carbocycles. The van der Waals surface area contributed by atoms with Crippen molar-refractivity contribution in [3.8, 4) is 5.75 Å². The number of hydrogen-bond donors (Lipinski definition) is 1. The smallest absolute Gasteiger partial charge is 0.254 e. The van der Waals surface area contributed by atoms with Crippen molar-refractivity contribution < 1.29 is 14.3 Å². The topological polar surface area (TPSA) is 55.4 Å². The Morgan fingerprint density at radius 2 is 1.90 bits per heavy atom. The van der Waals surface area contributed by atoms with Crippen LogP contribution in [-0.4, -0.2) is 30.2 Å². The minimum atomic E-state index is -0.343. The molecule has 0 bridgehead atoms. The Hall–Kier alpha value is -0.660. The maximum Gasteiger partial charge on any atom is 0.254 e. The van der Waals surface area contributed by atoms with Crippen molar-refractivity contribution in [3.63, 3.8) is 0 Å². The third-order valence-electron chi connectivity index (χ3n) is 3.01. The fourth-order valence-corrected chi connectivity index (χ4v) is 4.00. The van der Waals surface area contributed by atoms with Gasteiger partial charge in [-0.25, -0.2) is 0 Å². The van der Waals surface area contributed by atoms with Crippen LogP contribution in [0.3, 0.4) is 0 Å². The van der Waals surface area contributed by atoms with Crippen molar-refractivity contribution in [2.24, 2.45) is 0 Å². The van der Waals surface area contributed by atoms with E-state index in [0.29, 0.717) is 18.7 Å². The molecule has 1 heterocycles. The number of carbonyl (C=O) groups excluding carboxylic acids is 2. The van der Waals surface area contributed by atoms with E-state index in [-0.39, 0.29) is 22.1 Å². The normalized spacial score (nSPS) is 21.1. The van der Waals surface area contributed by atoms with Gasteiger partial charge in [0.15, 0.2) is 5.78 Å². The number of nitrogens with one attached hydrogen (secondary N) is 1. The number of amides is 1. The molecule has 2 rings (SSSR count). The molecule has 4 nitrogen and oxygen atoms in total. The molecule has 112 valence electrons. The number of methoxy groups -OCH3 is 1. The molecule has 0 radical (unpaired) electrons. The summed E-state index contributed by atoms with van der Waals surface area (Å²) in [7, 11) is 1.57. The number of benzene rings is 1. The molecule has 1 N–H and O–H groups in total. The van der Waals surface area contributed by atoms with Gasteiger partial charge in [-0.3, -0.25) is 9.59 Å². The number of halogens is 3. The highest BCUT2D eigenvalue weighted by Gasteiger charge is 2.27. The standard InChI is InChI=1S/C14H12Br3NO3/c1-21-13-10(16)5-7(6-11(13)17)4-8-12(19)9(15)2-3-18-14(8)20/h4-6,9H,2-3H2,1H3,(H,18,20). The van der Waals surface area contributed by atoms with Crippen LogP contribution in [0.1, 0.15) is 12.0 Å². The summed E-state index contributed by atoms with van der Waals surface area (Å²) in [5, 5.41) is 2.72. The molecule has 1 unspecified atom stereocenters. The van der Waals surface area contributed by atoms with Gasteiger partial charge in [0.05, 0.1) is 26.5 Å². The lowest BCUT2D eigenvalue weighted by Crippen LogP contribution is -2.25. The predicted molar refractivity (Wildman–Crippen MR) is 91.7 cm³/mol. The summed E-state index contributed by atoms with van der Waals surface area (Å²) in [6.07, 6.45) is 2.17. The molecule has 1 fully saturated rings. The Kier molecular flexibility index (Phi) is 5.62. The summed E-state index contributed by atoms with van der Waals surface area (Å²) in [6, 6.07) is 3.59. The molecular formula is C14H12Br3NO3. The van der Waals surface area contributed by atoms with Crippen LogP contribution in [0, 0.1) is 0 Å². The Labute approximate surface area is 147 Å². The van der Waals surface area contributed by atoms with Crippen LogP contribution in [0.15, 0.2) is 26.7 Å². The fourth-order valence-electron chi connectivity index (χ4n) is 1.98. The van der Waals surface area contributed by atoms with Crippen LogP contribution in [0.5, 0.6) is 5.75 Å². The number of carbonyl (C=O) groups is 2. The highest BCUT2D eigenvalue weighted by Crippen LogP contribution is 2.35. The first-order chi connectivity index (χ1) is 9.93. The lowest BCUT2D eigenvalue weighted by Gasteiger charge is -2.09. The van der Waals surface area contributed by atoms with Crippen molar-refractivity contribution in [1.82, 2.24) is 5.32 Å². The molecular weight excluding hydrogens is 470 g/mol. The van der Waals surface area contributed by atoms with Crippen LogP contribution in [0.2, 0.25) is 0 Å². The zero-order valence-corrected chi connectivity index (χ0v) is 15.8. The van der Waals surface area contributed by atoms with Crippen molar-refractivity contribution in [2.75, 3.05) is 13.7 Å². The zero-order valence-electron chi connectivity index (χ0n) is 11.1. The summed E-state index contributed by atoms with van der Waals surface area (Å²) < 4.78 is 6.71. The van der Waals surface area contributed by atoms with Gasteiger partial charge in [-0.1, -0.05) is 15.9 Å². The van der Waals surface area contributed by atoms with Crippen LogP contribution in [-0.2, 0) is 9.59 Å². The monoisotopic (exact) mass is 479 g/mol. The molecule has 1 aliphatic rings. The molecule has 1 amide bonds. The summed E-state index contributed by atoms with van der Waals surface area (Å²) in [4.78, 5) is 23.9. The van der Waals surface area contributed by atoms with E-state index in [4.69, 9.17) is 4.74 Å². The van der Waals surface area contributed by atoms with Crippen molar-refractivity contribution in [3.05, 3.63) is 32.2 Å². The van der Waals surface area contributed by atoms with Gasteiger partial charge < -0.3 is 10.1 Å². The summed E-state index contributed by atoms with van der Waals surface area (Å²) in [5.41, 5.74) is 0.882. The van der Waals surface area contributed by atoms with Crippen molar-refractivity contribution >= 4 is 65.6 Å². The van der Waals surface area contributed by atoms with E-state index in [9.17, 15) is 9.59 Å². The largest absolute Gasteiger partial charge is 0.494 e. The molecule has 0 aromatic heterocycles. The quantitative estimate of drug-likeness (QED) is 0.400. The van der Waals surface area contributed by atoms with Crippen LogP contribution < -0.4 is 10.1 Å². The molecule has 0 spiro atoms. The van der Waals surface area contributed by atoms with E-state index in [0.717, 1.165) is 14.5 Å². The van der Waals surface area contributed by atoms with E-state index in [1.807, 2.05) is 0 Å². The number of ether oxygens (including phenoxy) is 1. The highest BCUT2D eigenvalue weighted by atomic mass is 79.9. The number of rotatable bonds is 2. The number of ketones is 1. The summed E-state index contributed by atoms with van der Waals surface area (Å²) in [5.74, 6) is 0.116. The lowest BCUT2D eigenvalue weighted by atomic mass is 10.0. The summed E-state index contributed by atoms with van der Waals surface area (Å²) in [6.45, 7) is 0.480. The maximum atomic E-state index is 12.2. The molecule has 0 saturated carbocycles. The van der Waals surface area contributed by atoms with Crippen molar-refractivity contribution in [2.45, 2.75) is 11.2 Å². The number of alkyl halides is 1. The molecule has 1 aromatic carbocycles. The first-order valence-corrected chi connectivity index (χ1v) is 8.65. The molecule has 1 aromatic rings. The minimum Gasteiger partial charge on any atom is -0.494 e. The second-order valence-corrected chi connectivity index (χ2v) is 7.27. The van der Waals surface area contributed by atoms with E-state index >= 15 is 0 Å². The van der Waals surface area contributed by atoms with Gasteiger partial charge >= 0.3 is 0 Å². The van der Waals surface area contributed by atoms with Crippen LogP contribution in [0.25, 0.3) is 6.08 Å². The second kappa shape index (κ2) is 7.07. The average molecular weight is 482 g/mol. The van der Waals surface area contributed by atoms with Gasteiger partial charge in [-0.05, 0) is 62.1 Å². The van der Waals surface area contributed by atoms with Gasteiger partial charge in [-0.2, -0.15) is 0 Å². The van der Waals surface area contributed by atoms with E-state index in [1.54, 1.807) is 25.3 Å². The number of hydrogen-bond acceptors (Lipinski definition) is 3. The van der Waals surface area contributed by atoms with Gasteiger partial charge in [0.2, 0.25) is 0 Å². The van der Waals surface area contributed by atoms with Gasteiger partial charge in [0, 0.05) is 6.54 Å². The fraction of sp³-hybridized carbons (Fsp3) is 0.286. The van der Waals surface area contributed by atoms with Crippen LogP contribution in [0.4, 0.5) is 0 Å². The lowest BCUT2D eigenvalue weighted by molar-refractivity contribution is -0.121. The summed E-state index contributed by atoms with van der Waals surface area (Å²) >= 11 is 10.1. The average Bonchev–Trinajstić information content (AvgIpc) is 2.53. The van der Waals surface area contributed by atoms with Gasteiger partial charge in [0.1, 0.15) is 5.75 Å². The van der Waals surface area contributed by atoms with Gasteiger partial charge in [0.25, 0.3) is 5.91 Å². The SMILES string of the molecule is COc1c(Br)cc(C=C2C(=O)NCCC(Br)C2=O)cc1Br. The Balaban J connectivity index is 2.46. The Bertz CT molecular complexity index is 605. The first kappa shape index (κ1) is 16.7. The Morgan fingerprint density at radius 3 is 2.48 bits per heavy atom. The highest BCUT2D eigenvalue weighted by molar-refractivity contribution is 9.11. The second-order valence-electron chi connectivity index (χ2n) is 4.45. The molecule has 7 heteroatoms. The van der Waals surface area contributed by atoms with Crippen LogP contribution >= 0.6 is 47.8 Å². The molecule has 1 atom stereocenters. The molecule has 21 heavy (non-hydrogen) atoms. The molecule has 1 saturated heterocycles. The molecule has 1 aliphatic heterocycles. The maximum absolute atomic E-state index is 12.2. The minimum absolute atomic E-state index is 0.151. The van der Waals surface area contributed by atoms with E-state index in [1.165, 1.54) is 0 Å². The first-order valence-electron chi connectivity index (χ1n) is 6.15. The van der Waals surface area contributed by atoms with E-state index < -0.39 is 0 Å². The predicted octanol–water partition coefficient (Wildman–Crippen LogP) is 3.46. The van der Waals surface area contributed by atoms with E-state index in [2.05, 4.69) is 53.1 Å². The number of Topliss-reactive ketones (excluding diaryl/α,β-unsaturated/α-hetero) is 1. The third-order valence-corrected chi connectivity index (χ3v) is 5.07. The Morgan fingerprint density at radius 1 is 1.29 bits per heavy atom. The van der Waals surface area contributed by atoms with Gasteiger partial charge in [-0.15, -0.1) is 0 Å². The van der Waals surface area contributed by atoms with Crippen molar-refractivity contribution in [1.29, 1.82) is 0 Å². The third kappa shape index (κ3) is 3.76.